The first-order chi connectivity index (χ1) is 14.2. The summed E-state index contributed by atoms with van der Waals surface area (Å²) in [4.78, 5) is 46.3. The standard InChI is InChI=1S/C24H28O6/c1-17-7-11-19(12-8-17)21(25)27-29-23(3)15-5-6-16-24(23,4)30-28-22(26)20-13-9-18(2)10-14-20/h7-14H,5-6,15-16H2,1-4H3. The van der Waals surface area contributed by atoms with E-state index in [4.69, 9.17) is 19.6 Å². The van der Waals surface area contributed by atoms with E-state index < -0.39 is 23.1 Å². The Morgan fingerprint density at radius 3 is 1.33 bits per heavy atom. The molecule has 0 bridgehead atoms. The number of hydrogen-bond donors (Lipinski definition) is 0. The molecule has 0 heterocycles. The van der Waals surface area contributed by atoms with Crippen molar-refractivity contribution in [1.29, 1.82) is 0 Å². The molecule has 2 unspecified atom stereocenters. The summed E-state index contributed by atoms with van der Waals surface area (Å²) in [6.45, 7) is 7.48. The van der Waals surface area contributed by atoms with Gasteiger partial charge in [0.1, 0.15) is 11.2 Å². The van der Waals surface area contributed by atoms with Crippen LogP contribution in [0.4, 0.5) is 0 Å². The Labute approximate surface area is 176 Å². The van der Waals surface area contributed by atoms with Crippen LogP contribution in [0.3, 0.4) is 0 Å². The molecule has 2 aromatic carbocycles. The molecule has 0 saturated heterocycles. The summed E-state index contributed by atoms with van der Waals surface area (Å²) in [5.41, 5.74) is 0.936. The van der Waals surface area contributed by atoms with Crippen LogP contribution >= 0.6 is 0 Å². The molecule has 0 radical (unpaired) electrons. The van der Waals surface area contributed by atoms with Crippen LogP contribution in [-0.2, 0) is 19.6 Å². The predicted octanol–water partition coefficient (Wildman–Crippen LogP) is 5.27. The smallest absolute Gasteiger partial charge is 0.292 e. The van der Waals surface area contributed by atoms with Crippen molar-refractivity contribution in [2.45, 2.75) is 64.6 Å². The van der Waals surface area contributed by atoms with Gasteiger partial charge in [-0.3, -0.25) is 9.78 Å². The largest absolute Gasteiger partial charge is 0.373 e. The molecule has 1 saturated carbocycles. The van der Waals surface area contributed by atoms with Gasteiger partial charge in [-0.2, -0.15) is 9.78 Å². The molecule has 2 atom stereocenters. The lowest BCUT2D eigenvalue weighted by Gasteiger charge is -2.45. The Balaban J connectivity index is 1.65. The van der Waals surface area contributed by atoms with Crippen LogP contribution in [0.15, 0.2) is 48.5 Å². The lowest BCUT2D eigenvalue weighted by molar-refractivity contribution is -0.418. The highest BCUT2D eigenvalue weighted by Crippen LogP contribution is 2.43. The molecule has 6 heteroatoms. The van der Waals surface area contributed by atoms with Gasteiger partial charge in [0.2, 0.25) is 0 Å². The Bertz CT molecular complexity index is 813. The van der Waals surface area contributed by atoms with E-state index in [1.807, 2.05) is 38.1 Å². The van der Waals surface area contributed by atoms with Crippen molar-refractivity contribution in [3.63, 3.8) is 0 Å². The zero-order chi connectivity index (χ0) is 21.8. The number of rotatable bonds is 6. The van der Waals surface area contributed by atoms with Crippen LogP contribution in [0.2, 0.25) is 0 Å². The third kappa shape index (κ3) is 4.89. The van der Waals surface area contributed by atoms with Crippen LogP contribution in [0.25, 0.3) is 0 Å². The fraction of sp³-hybridized carbons (Fsp3) is 0.417. The van der Waals surface area contributed by atoms with Gasteiger partial charge in [-0.25, -0.2) is 9.59 Å². The van der Waals surface area contributed by atoms with E-state index in [2.05, 4.69) is 0 Å². The maximum atomic E-state index is 12.4. The van der Waals surface area contributed by atoms with Gasteiger partial charge in [-0.1, -0.05) is 48.2 Å². The van der Waals surface area contributed by atoms with Crippen molar-refractivity contribution in [2.75, 3.05) is 0 Å². The van der Waals surface area contributed by atoms with Crippen molar-refractivity contribution in [3.8, 4) is 0 Å². The zero-order valence-electron chi connectivity index (χ0n) is 17.9. The Morgan fingerprint density at radius 2 is 1.00 bits per heavy atom. The summed E-state index contributed by atoms with van der Waals surface area (Å²) in [6, 6.07) is 14.1. The van der Waals surface area contributed by atoms with Crippen LogP contribution in [0.5, 0.6) is 0 Å². The minimum Gasteiger partial charge on any atom is -0.292 e. The molecule has 0 spiro atoms. The number of carbonyl (C=O) groups excluding carboxylic acids is 2. The second-order valence-electron chi connectivity index (χ2n) is 8.31. The van der Waals surface area contributed by atoms with Gasteiger partial charge in [0.15, 0.2) is 0 Å². The first kappa shape index (κ1) is 22.0. The molecule has 1 aliphatic carbocycles. The summed E-state index contributed by atoms with van der Waals surface area (Å²) < 4.78 is 0. The molecule has 6 nitrogen and oxygen atoms in total. The van der Waals surface area contributed by atoms with Crippen LogP contribution < -0.4 is 0 Å². The fourth-order valence-corrected chi connectivity index (χ4v) is 3.45. The summed E-state index contributed by atoms with van der Waals surface area (Å²) in [5, 5.41) is 0. The summed E-state index contributed by atoms with van der Waals surface area (Å²) >= 11 is 0. The first-order valence-corrected chi connectivity index (χ1v) is 10.2. The highest BCUT2D eigenvalue weighted by Gasteiger charge is 2.53. The van der Waals surface area contributed by atoms with Gasteiger partial charge in [0, 0.05) is 0 Å². The average Bonchev–Trinajstić information content (AvgIpc) is 2.74. The molecule has 1 aliphatic rings. The Morgan fingerprint density at radius 1 is 0.667 bits per heavy atom. The van der Waals surface area contributed by atoms with Crippen molar-refractivity contribution in [3.05, 3.63) is 70.8 Å². The molecule has 0 N–H and O–H groups in total. The number of benzene rings is 2. The number of hydrogen-bond acceptors (Lipinski definition) is 6. The van der Waals surface area contributed by atoms with Crippen LogP contribution in [-0.4, -0.2) is 23.1 Å². The Hall–Kier alpha value is -2.70. The number of aryl methyl sites for hydroxylation is 2. The molecule has 3 rings (SSSR count). The molecule has 0 amide bonds. The summed E-state index contributed by atoms with van der Waals surface area (Å²) in [6.07, 6.45) is 2.94. The van der Waals surface area contributed by atoms with Gasteiger partial charge in [0.25, 0.3) is 0 Å². The fourth-order valence-electron chi connectivity index (χ4n) is 3.45. The van der Waals surface area contributed by atoms with E-state index in [-0.39, 0.29) is 0 Å². The predicted molar refractivity (Wildman–Crippen MR) is 111 cm³/mol. The SMILES string of the molecule is Cc1ccc(C(=O)OOC2(C)CCCCC2(C)OOC(=O)c2ccc(C)cc2)cc1. The molecule has 0 aliphatic heterocycles. The third-order valence-electron chi connectivity index (χ3n) is 5.85. The third-order valence-corrected chi connectivity index (χ3v) is 5.85. The van der Waals surface area contributed by atoms with E-state index >= 15 is 0 Å². The monoisotopic (exact) mass is 412 g/mol. The average molecular weight is 412 g/mol. The van der Waals surface area contributed by atoms with E-state index in [0.717, 1.165) is 24.0 Å². The van der Waals surface area contributed by atoms with E-state index in [1.165, 1.54) is 0 Å². The second kappa shape index (κ2) is 8.98. The van der Waals surface area contributed by atoms with Gasteiger partial charge < -0.3 is 0 Å². The van der Waals surface area contributed by atoms with Crippen molar-refractivity contribution < 1.29 is 29.1 Å². The normalized spacial score (nSPS) is 23.6. The lowest BCUT2D eigenvalue weighted by Crippen LogP contribution is -2.56. The quantitative estimate of drug-likeness (QED) is 0.475. The topological polar surface area (TPSA) is 71.1 Å². The van der Waals surface area contributed by atoms with Gasteiger partial charge in [-0.15, -0.1) is 0 Å². The lowest BCUT2D eigenvalue weighted by atomic mass is 9.74. The molecule has 2 aromatic rings. The number of carbonyl (C=O) groups is 2. The highest BCUT2D eigenvalue weighted by molar-refractivity contribution is 5.89. The van der Waals surface area contributed by atoms with Crippen molar-refractivity contribution in [1.82, 2.24) is 0 Å². The van der Waals surface area contributed by atoms with E-state index in [1.54, 1.807) is 38.1 Å². The van der Waals surface area contributed by atoms with E-state index in [0.29, 0.717) is 24.0 Å². The molecular weight excluding hydrogens is 384 g/mol. The molecule has 160 valence electrons. The second-order valence-corrected chi connectivity index (χ2v) is 8.31. The minimum atomic E-state index is -0.973. The first-order valence-electron chi connectivity index (χ1n) is 10.2. The molecule has 30 heavy (non-hydrogen) atoms. The highest BCUT2D eigenvalue weighted by atomic mass is 17.2. The van der Waals surface area contributed by atoms with Gasteiger partial charge >= 0.3 is 11.9 Å². The zero-order valence-corrected chi connectivity index (χ0v) is 17.9. The van der Waals surface area contributed by atoms with E-state index in [9.17, 15) is 9.59 Å². The molecule has 1 fully saturated rings. The Kier molecular flexibility index (Phi) is 6.58. The van der Waals surface area contributed by atoms with Crippen LogP contribution in [0, 0.1) is 13.8 Å². The van der Waals surface area contributed by atoms with Gasteiger partial charge in [-0.05, 0) is 64.8 Å². The maximum Gasteiger partial charge on any atom is 0.373 e. The van der Waals surface area contributed by atoms with Crippen molar-refractivity contribution >= 4 is 11.9 Å². The molecular formula is C24H28O6. The summed E-state index contributed by atoms with van der Waals surface area (Å²) in [5.74, 6) is -1.17. The maximum absolute atomic E-state index is 12.4. The molecule has 0 aromatic heterocycles. The summed E-state index contributed by atoms with van der Waals surface area (Å²) in [7, 11) is 0. The van der Waals surface area contributed by atoms with Crippen molar-refractivity contribution in [2.24, 2.45) is 0 Å². The van der Waals surface area contributed by atoms with Gasteiger partial charge in [0.05, 0.1) is 11.1 Å². The van der Waals surface area contributed by atoms with Crippen LogP contribution in [0.1, 0.15) is 71.4 Å². The minimum absolute atomic E-state index is 0.397.